The number of hydrogen-bond donors (Lipinski definition) is 0. The van der Waals surface area contributed by atoms with Crippen molar-refractivity contribution >= 4 is 11.9 Å². The van der Waals surface area contributed by atoms with E-state index in [0.717, 1.165) is 23.7 Å². The van der Waals surface area contributed by atoms with E-state index in [-0.39, 0.29) is 12.5 Å². The molecule has 0 bridgehead atoms. The molecule has 156 valence electrons. The predicted molar refractivity (Wildman–Crippen MR) is 107 cm³/mol. The molecule has 1 fully saturated rings. The van der Waals surface area contributed by atoms with Crippen LogP contribution in [-0.2, 0) is 6.61 Å². The van der Waals surface area contributed by atoms with Gasteiger partial charge in [-0.1, -0.05) is 17.3 Å². The van der Waals surface area contributed by atoms with E-state index in [0.29, 0.717) is 49.2 Å². The number of hydrogen-bond acceptors (Lipinski definition) is 7. The molecule has 1 aliphatic rings. The molecule has 3 heterocycles. The number of carbonyl (C=O) groups is 1. The van der Waals surface area contributed by atoms with E-state index in [1.807, 2.05) is 30.9 Å². The van der Waals surface area contributed by atoms with Gasteiger partial charge in [0.2, 0.25) is 5.95 Å². The number of nitrogens with zero attached hydrogens (tertiary/aromatic N) is 5. The predicted octanol–water partition coefficient (Wildman–Crippen LogP) is 2.76. The van der Waals surface area contributed by atoms with Crippen molar-refractivity contribution in [2.75, 3.05) is 31.1 Å². The van der Waals surface area contributed by atoms with E-state index in [1.54, 1.807) is 17.0 Å². The van der Waals surface area contributed by atoms with Crippen LogP contribution in [0.4, 0.5) is 10.3 Å². The number of halogens is 1. The van der Waals surface area contributed by atoms with Crippen LogP contribution >= 0.6 is 0 Å². The van der Waals surface area contributed by atoms with Crippen LogP contribution in [0.25, 0.3) is 0 Å². The van der Waals surface area contributed by atoms with Gasteiger partial charge in [0.05, 0.1) is 29.2 Å². The Kier molecular flexibility index (Phi) is 5.60. The van der Waals surface area contributed by atoms with Gasteiger partial charge in [0, 0.05) is 26.2 Å². The Bertz CT molecular complexity index is 1010. The average molecular weight is 411 g/mol. The first-order valence-corrected chi connectivity index (χ1v) is 9.68. The van der Waals surface area contributed by atoms with Crippen LogP contribution in [0.5, 0.6) is 5.75 Å². The van der Waals surface area contributed by atoms with Gasteiger partial charge in [0.1, 0.15) is 18.1 Å². The summed E-state index contributed by atoms with van der Waals surface area (Å²) in [5.41, 5.74) is 2.16. The molecule has 30 heavy (non-hydrogen) atoms. The van der Waals surface area contributed by atoms with Crippen molar-refractivity contribution in [3.05, 3.63) is 65.1 Å². The number of piperazine rings is 1. The zero-order valence-corrected chi connectivity index (χ0v) is 16.8. The molecule has 9 heteroatoms. The number of ether oxygens (including phenoxy) is 1. The summed E-state index contributed by atoms with van der Waals surface area (Å²) in [7, 11) is 0. The highest BCUT2D eigenvalue weighted by Crippen LogP contribution is 2.23. The topological polar surface area (TPSA) is 84.6 Å². The first-order valence-electron chi connectivity index (χ1n) is 9.68. The zero-order chi connectivity index (χ0) is 21.1. The van der Waals surface area contributed by atoms with Crippen LogP contribution in [-0.4, -0.2) is 52.1 Å². The monoisotopic (exact) mass is 411 g/mol. The van der Waals surface area contributed by atoms with E-state index in [1.165, 1.54) is 0 Å². The maximum atomic E-state index is 13.1. The van der Waals surface area contributed by atoms with E-state index < -0.39 is 5.82 Å². The van der Waals surface area contributed by atoms with Crippen molar-refractivity contribution in [1.82, 2.24) is 20.0 Å². The number of aromatic nitrogens is 3. The van der Waals surface area contributed by atoms with Gasteiger partial charge in [-0.2, -0.15) is 0 Å². The molecule has 3 aromatic rings. The molecule has 1 saturated heterocycles. The van der Waals surface area contributed by atoms with Crippen molar-refractivity contribution in [3.8, 4) is 5.75 Å². The quantitative estimate of drug-likeness (QED) is 0.638. The molecule has 0 saturated carbocycles. The minimum atomic E-state index is -0.472. The van der Waals surface area contributed by atoms with Crippen molar-refractivity contribution in [3.63, 3.8) is 0 Å². The summed E-state index contributed by atoms with van der Waals surface area (Å²) in [5.74, 6) is 1.12. The molecule has 0 spiro atoms. The van der Waals surface area contributed by atoms with Crippen molar-refractivity contribution in [2.45, 2.75) is 20.5 Å². The summed E-state index contributed by atoms with van der Waals surface area (Å²) in [6, 6.07) is 7.20. The molecule has 1 aromatic carbocycles. The summed E-state index contributed by atoms with van der Waals surface area (Å²) in [5, 5.41) is 3.93. The average Bonchev–Trinajstić information content (AvgIpc) is 3.10. The first kappa shape index (κ1) is 19.8. The van der Waals surface area contributed by atoms with Crippen LogP contribution in [0.3, 0.4) is 0 Å². The van der Waals surface area contributed by atoms with Gasteiger partial charge in [-0.05, 0) is 26.0 Å². The number of rotatable bonds is 5. The maximum absolute atomic E-state index is 13.1. The van der Waals surface area contributed by atoms with E-state index in [4.69, 9.17) is 9.26 Å². The molecule has 0 atom stereocenters. The SMILES string of the molecule is Cc1noc(C)c1COc1ccccc1C(=O)N1CCN(c2ncc(F)cn2)CC1. The van der Waals surface area contributed by atoms with Gasteiger partial charge in [-0.15, -0.1) is 0 Å². The molecule has 1 aliphatic heterocycles. The van der Waals surface area contributed by atoms with Crippen molar-refractivity contribution < 1.29 is 18.4 Å². The molecular weight excluding hydrogens is 389 g/mol. The van der Waals surface area contributed by atoms with Gasteiger partial charge < -0.3 is 19.1 Å². The number of carbonyl (C=O) groups excluding carboxylic acids is 1. The Hall–Kier alpha value is -3.49. The molecule has 0 unspecified atom stereocenters. The third-order valence-electron chi connectivity index (χ3n) is 5.13. The lowest BCUT2D eigenvalue weighted by molar-refractivity contribution is 0.0741. The number of aryl methyl sites for hydroxylation is 2. The molecule has 0 radical (unpaired) electrons. The minimum Gasteiger partial charge on any atom is -0.488 e. The molecule has 2 aromatic heterocycles. The summed E-state index contributed by atoms with van der Waals surface area (Å²) in [6.07, 6.45) is 2.29. The fraction of sp³-hybridized carbons (Fsp3) is 0.333. The summed E-state index contributed by atoms with van der Waals surface area (Å²) >= 11 is 0. The van der Waals surface area contributed by atoms with Gasteiger partial charge in [-0.25, -0.2) is 14.4 Å². The molecule has 4 rings (SSSR count). The normalized spacial score (nSPS) is 14.1. The number of benzene rings is 1. The second kappa shape index (κ2) is 8.48. The Morgan fingerprint density at radius 3 is 2.50 bits per heavy atom. The molecule has 1 amide bonds. The molecule has 8 nitrogen and oxygen atoms in total. The van der Waals surface area contributed by atoms with E-state index in [9.17, 15) is 9.18 Å². The van der Waals surface area contributed by atoms with Crippen LogP contribution in [0.2, 0.25) is 0 Å². The standard InChI is InChI=1S/C21H22FN5O3/c1-14-18(15(2)30-25-14)13-29-19-6-4-3-5-17(19)20(28)26-7-9-27(10-8-26)21-23-11-16(22)12-24-21/h3-6,11-12H,7-10,13H2,1-2H3. The van der Waals surface area contributed by atoms with E-state index >= 15 is 0 Å². The third kappa shape index (κ3) is 4.10. The van der Waals surface area contributed by atoms with Gasteiger partial charge in [-0.3, -0.25) is 4.79 Å². The first-order chi connectivity index (χ1) is 14.5. The molecule has 0 N–H and O–H groups in total. The Balaban J connectivity index is 1.42. The van der Waals surface area contributed by atoms with Gasteiger partial charge in [0.15, 0.2) is 5.82 Å². The van der Waals surface area contributed by atoms with Gasteiger partial charge >= 0.3 is 0 Å². The maximum Gasteiger partial charge on any atom is 0.257 e. The number of amides is 1. The fourth-order valence-electron chi connectivity index (χ4n) is 3.38. The van der Waals surface area contributed by atoms with Crippen LogP contribution in [0, 0.1) is 19.7 Å². The Morgan fingerprint density at radius 2 is 1.83 bits per heavy atom. The highest BCUT2D eigenvalue weighted by Gasteiger charge is 2.25. The summed E-state index contributed by atoms with van der Waals surface area (Å²) < 4.78 is 24.1. The number of para-hydroxylation sites is 1. The lowest BCUT2D eigenvalue weighted by Gasteiger charge is -2.34. The largest absolute Gasteiger partial charge is 0.488 e. The van der Waals surface area contributed by atoms with Crippen molar-refractivity contribution in [1.29, 1.82) is 0 Å². The minimum absolute atomic E-state index is 0.0935. The van der Waals surface area contributed by atoms with E-state index in [2.05, 4.69) is 15.1 Å². The molecule has 0 aliphatic carbocycles. The zero-order valence-electron chi connectivity index (χ0n) is 16.8. The van der Waals surface area contributed by atoms with Crippen molar-refractivity contribution in [2.24, 2.45) is 0 Å². The fourth-order valence-corrected chi connectivity index (χ4v) is 3.38. The third-order valence-corrected chi connectivity index (χ3v) is 5.13. The Morgan fingerprint density at radius 1 is 1.13 bits per heavy atom. The second-order valence-electron chi connectivity index (χ2n) is 7.07. The smallest absolute Gasteiger partial charge is 0.257 e. The second-order valence-corrected chi connectivity index (χ2v) is 7.07. The highest BCUT2D eigenvalue weighted by atomic mass is 19.1. The highest BCUT2D eigenvalue weighted by molar-refractivity contribution is 5.97. The molecular formula is C21H22FN5O3. The van der Waals surface area contributed by atoms with Crippen LogP contribution in [0.1, 0.15) is 27.4 Å². The van der Waals surface area contributed by atoms with Crippen LogP contribution < -0.4 is 9.64 Å². The van der Waals surface area contributed by atoms with Crippen LogP contribution in [0.15, 0.2) is 41.2 Å². The Labute approximate surface area is 173 Å². The number of anilines is 1. The summed E-state index contributed by atoms with van der Waals surface area (Å²) in [6.45, 7) is 6.13. The summed E-state index contributed by atoms with van der Waals surface area (Å²) in [4.78, 5) is 24.8. The lowest BCUT2D eigenvalue weighted by Crippen LogP contribution is -2.49. The lowest BCUT2D eigenvalue weighted by atomic mass is 10.1. The van der Waals surface area contributed by atoms with Gasteiger partial charge in [0.25, 0.3) is 5.91 Å².